The van der Waals surface area contributed by atoms with Crippen LogP contribution in [0.1, 0.15) is 24.0 Å². The summed E-state index contributed by atoms with van der Waals surface area (Å²) in [6.07, 6.45) is 14.4. The molecule has 0 saturated carbocycles. The number of nitrogens with zero attached hydrogens (tertiary/aromatic N) is 2. The first-order valence-electron chi connectivity index (χ1n) is 13.9. The van der Waals surface area contributed by atoms with E-state index in [0.29, 0.717) is 20.6 Å². The quantitative estimate of drug-likeness (QED) is 0.109. The van der Waals surface area contributed by atoms with Gasteiger partial charge in [-0.1, -0.05) is 0 Å². The number of rotatable bonds is 8. The summed E-state index contributed by atoms with van der Waals surface area (Å²) in [7, 11) is 0. The van der Waals surface area contributed by atoms with E-state index >= 15 is 17.6 Å². The predicted octanol–water partition coefficient (Wildman–Crippen LogP) is 8.54. The van der Waals surface area contributed by atoms with Gasteiger partial charge in [0.25, 0.3) is 0 Å². The average molecular weight is 610 g/mol. The Hall–Kier alpha value is -4.39. The van der Waals surface area contributed by atoms with E-state index in [1.165, 1.54) is 24.6 Å². The van der Waals surface area contributed by atoms with Gasteiger partial charge >= 0.3 is 252 Å². The molecule has 0 amide bonds. The Labute approximate surface area is 251 Å². The van der Waals surface area contributed by atoms with Crippen LogP contribution in [-0.2, 0) is 16.6 Å². The molecule has 0 aromatic heterocycles. The van der Waals surface area contributed by atoms with Gasteiger partial charge in [0.15, 0.2) is 0 Å². The summed E-state index contributed by atoms with van der Waals surface area (Å²) < 4.78 is 66.6. The van der Waals surface area contributed by atoms with Crippen molar-refractivity contribution in [2.24, 2.45) is 9.98 Å². The molecule has 2 nitrogen and oxygen atoms in total. The summed E-state index contributed by atoms with van der Waals surface area (Å²) in [6.45, 7) is 0. The number of allylic oxidation sites excluding steroid dienone is 8. The SMILES string of the molecule is Fc1ccc(/N=C/c2ccccc2)c(F)[c]1[Ti]([C]1=CC=CC1)([C]1=CC=CC1)[c]1c(F)ccc(/N=C/c2ccccc2)c1F. The van der Waals surface area contributed by atoms with E-state index in [-0.39, 0.29) is 19.1 Å². The topological polar surface area (TPSA) is 24.7 Å². The van der Waals surface area contributed by atoms with E-state index in [4.69, 9.17) is 0 Å². The summed E-state index contributed by atoms with van der Waals surface area (Å²) in [5, 5.41) is 0. The van der Waals surface area contributed by atoms with Gasteiger partial charge in [0.1, 0.15) is 0 Å². The van der Waals surface area contributed by atoms with Gasteiger partial charge in [-0.15, -0.1) is 0 Å². The van der Waals surface area contributed by atoms with E-state index in [9.17, 15) is 0 Å². The fraction of sp³-hybridized carbons (Fsp3) is 0.0556. The fourth-order valence-corrected chi connectivity index (χ4v) is 14.0. The van der Waals surface area contributed by atoms with Crippen LogP contribution in [0.25, 0.3) is 0 Å². The van der Waals surface area contributed by atoms with Gasteiger partial charge in [0.2, 0.25) is 0 Å². The summed E-state index contributed by atoms with van der Waals surface area (Å²) in [5.41, 5.74) is 1.25. The Kier molecular flexibility index (Phi) is 8.32. The van der Waals surface area contributed by atoms with Crippen molar-refractivity contribution in [1.82, 2.24) is 0 Å². The van der Waals surface area contributed by atoms with Crippen LogP contribution >= 0.6 is 0 Å². The molecule has 4 aromatic rings. The first-order chi connectivity index (χ1) is 21.0. The molecule has 7 heteroatoms. The fourth-order valence-electron chi connectivity index (χ4n) is 5.76. The van der Waals surface area contributed by atoms with Crippen LogP contribution in [0.15, 0.2) is 139 Å². The molecule has 0 bridgehead atoms. The molecule has 0 atom stereocenters. The molecule has 0 saturated heterocycles. The third-order valence-corrected chi connectivity index (χ3v) is 15.6. The van der Waals surface area contributed by atoms with Gasteiger partial charge in [-0.05, 0) is 0 Å². The first kappa shape index (κ1) is 28.7. The molecule has 0 unspecified atom stereocenters. The van der Waals surface area contributed by atoms with Gasteiger partial charge in [-0.25, -0.2) is 0 Å². The predicted molar refractivity (Wildman–Crippen MR) is 163 cm³/mol. The van der Waals surface area contributed by atoms with Crippen molar-refractivity contribution in [1.29, 1.82) is 0 Å². The Morgan fingerprint density at radius 2 is 0.953 bits per heavy atom. The van der Waals surface area contributed by atoms with Crippen molar-refractivity contribution in [3.63, 3.8) is 0 Å². The van der Waals surface area contributed by atoms with Crippen molar-refractivity contribution in [2.45, 2.75) is 12.8 Å². The Balaban J connectivity index is 1.62. The number of hydrogen-bond donors (Lipinski definition) is 0. The number of halogens is 4. The van der Waals surface area contributed by atoms with Crippen molar-refractivity contribution in [3.8, 4) is 0 Å². The molecule has 6 rings (SSSR count). The zero-order valence-corrected chi connectivity index (χ0v) is 24.6. The summed E-state index contributed by atoms with van der Waals surface area (Å²) in [5.74, 6) is -3.53. The second-order valence-corrected chi connectivity index (χ2v) is 16.2. The summed E-state index contributed by atoms with van der Waals surface area (Å²) in [4.78, 5) is 8.69. The molecule has 2 aliphatic carbocycles. The van der Waals surface area contributed by atoms with E-state index in [0.717, 1.165) is 23.3 Å². The minimum absolute atomic E-state index is 0.104. The zero-order chi connectivity index (χ0) is 29.8. The Morgan fingerprint density at radius 1 is 0.535 bits per heavy atom. The van der Waals surface area contributed by atoms with Crippen molar-refractivity contribution in [2.75, 3.05) is 0 Å². The molecule has 0 fully saturated rings. The van der Waals surface area contributed by atoms with Crippen molar-refractivity contribution >= 4 is 31.5 Å². The molecule has 0 N–H and O–H groups in total. The van der Waals surface area contributed by atoms with Gasteiger partial charge < -0.3 is 0 Å². The maximum atomic E-state index is 16.8. The molecular weight excluding hydrogens is 584 g/mol. The van der Waals surface area contributed by atoms with Crippen LogP contribution in [-0.4, -0.2) is 12.4 Å². The molecule has 212 valence electrons. The second kappa shape index (κ2) is 12.5. The number of benzene rings is 4. The van der Waals surface area contributed by atoms with Crippen LogP contribution in [0.5, 0.6) is 0 Å². The van der Waals surface area contributed by atoms with Gasteiger partial charge in [0, 0.05) is 0 Å². The molecule has 2 aliphatic rings. The van der Waals surface area contributed by atoms with Gasteiger partial charge in [-0.2, -0.15) is 0 Å². The number of hydrogen-bond acceptors (Lipinski definition) is 2. The zero-order valence-electron chi connectivity index (χ0n) is 23.0. The van der Waals surface area contributed by atoms with Crippen LogP contribution in [0.3, 0.4) is 0 Å². The normalized spacial score (nSPS) is 14.7. The maximum absolute atomic E-state index is 16.8. The van der Waals surface area contributed by atoms with Crippen molar-refractivity contribution in [3.05, 3.63) is 164 Å². The van der Waals surface area contributed by atoms with Crippen molar-refractivity contribution < 1.29 is 34.2 Å². The molecule has 0 spiro atoms. The molecule has 4 aromatic carbocycles. The molecule has 0 aliphatic heterocycles. The van der Waals surface area contributed by atoms with E-state index in [2.05, 4.69) is 9.98 Å². The van der Waals surface area contributed by atoms with Crippen LogP contribution in [0, 0.1) is 23.3 Å². The third-order valence-electron chi connectivity index (χ3n) is 7.70. The Bertz CT molecular complexity index is 1720. The van der Waals surface area contributed by atoms with E-state index in [1.807, 2.05) is 72.8 Å². The third kappa shape index (κ3) is 5.44. The molecule has 43 heavy (non-hydrogen) atoms. The van der Waals surface area contributed by atoms with Crippen LogP contribution < -0.4 is 7.74 Å². The standard InChI is InChI=1S/2C13H8F2N.2C5H5.Ti/c2*14-11-6-7-13(12(15)8-11)16-9-10-4-2-1-3-5-10;2*1-2-4-5-3-1;/h2*1-7,9H;2*1-3H,4H2;/b2*16-9+;;;. The second-order valence-electron chi connectivity index (χ2n) is 10.2. The molecule has 0 radical (unpaired) electrons. The average Bonchev–Trinajstić information content (AvgIpc) is 3.77. The minimum atomic E-state index is -4.97. The monoisotopic (exact) mass is 610 g/mol. The van der Waals surface area contributed by atoms with Crippen LogP contribution in [0.2, 0.25) is 0 Å². The van der Waals surface area contributed by atoms with Crippen LogP contribution in [0.4, 0.5) is 28.9 Å². The first-order valence-corrected chi connectivity index (χ1v) is 17.0. The summed E-state index contributed by atoms with van der Waals surface area (Å²) in [6, 6.07) is 23.1. The van der Waals surface area contributed by atoms with E-state index in [1.54, 1.807) is 24.3 Å². The number of aliphatic imine (C=N–C) groups is 2. The Morgan fingerprint density at radius 3 is 1.33 bits per heavy atom. The molecular formula is C36H26F4N2Ti. The molecule has 0 heterocycles. The van der Waals surface area contributed by atoms with E-state index < -0.39 is 39.9 Å². The summed E-state index contributed by atoms with van der Waals surface area (Å²) >= 11 is -4.97. The van der Waals surface area contributed by atoms with Gasteiger partial charge in [0.05, 0.1) is 0 Å². The van der Waals surface area contributed by atoms with Gasteiger partial charge in [-0.3, -0.25) is 0 Å².